The van der Waals surface area contributed by atoms with Gasteiger partial charge in [0, 0.05) is 6.04 Å². The Morgan fingerprint density at radius 3 is 2.67 bits per heavy atom. The van der Waals surface area contributed by atoms with Gasteiger partial charge in [0.05, 0.1) is 5.03 Å². The molecule has 0 aromatic carbocycles. The molecule has 2 atom stereocenters. The van der Waals surface area contributed by atoms with Crippen LogP contribution in [0.15, 0.2) is 22.8 Å². The minimum atomic E-state index is -0.692. The Hall–Kier alpha value is -0.310. The molecule has 0 radical (unpaired) electrons. The summed E-state index contributed by atoms with van der Waals surface area (Å²) in [7, 11) is 0. The van der Waals surface area contributed by atoms with Gasteiger partial charge in [-0.2, -0.15) is 0 Å². The van der Waals surface area contributed by atoms with Crippen LogP contribution in [-0.4, -0.2) is 17.2 Å². The van der Waals surface area contributed by atoms with E-state index in [2.05, 4.69) is 0 Å². The molecule has 4 heteroatoms. The smallest absolute Gasteiger partial charge is 0.196 e. The van der Waals surface area contributed by atoms with Crippen molar-refractivity contribution in [2.45, 2.75) is 18.3 Å². The van der Waals surface area contributed by atoms with Gasteiger partial charge >= 0.3 is 0 Å². The topological polar surface area (TPSA) is 43.1 Å². The summed E-state index contributed by atoms with van der Waals surface area (Å²) >= 11 is 11.4. The van der Waals surface area contributed by atoms with Gasteiger partial charge in [0.25, 0.3) is 0 Å². The monoisotopic (exact) mass is 205 g/mol. The van der Waals surface area contributed by atoms with Crippen LogP contribution in [0.2, 0.25) is 0 Å². The molecule has 0 saturated carbocycles. The van der Waals surface area contributed by atoms with Crippen LogP contribution < -0.4 is 5.73 Å². The van der Waals surface area contributed by atoms with E-state index < -0.39 is 5.38 Å². The van der Waals surface area contributed by atoms with Crippen LogP contribution in [0.4, 0.5) is 0 Å². The molecule has 0 saturated heterocycles. The van der Waals surface area contributed by atoms with Crippen LogP contribution >= 0.6 is 23.2 Å². The van der Waals surface area contributed by atoms with Crippen molar-refractivity contribution in [3.05, 3.63) is 22.8 Å². The lowest BCUT2D eigenvalue weighted by atomic mass is 9.98. The minimum Gasteiger partial charge on any atom is -0.324 e. The molecule has 0 heterocycles. The molecule has 1 unspecified atom stereocenters. The van der Waals surface area contributed by atoms with Crippen LogP contribution in [0.1, 0.15) is 6.92 Å². The first-order valence-corrected chi connectivity index (χ1v) is 4.36. The third kappa shape index (κ3) is 1.71. The quantitative estimate of drug-likeness (QED) is 0.661. The number of halogens is 2. The van der Waals surface area contributed by atoms with Crippen molar-refractivity contribution >= 4 is 29.0 Å². The Bertz CT molecular complexity index is 268. The van der Waals surface area contributed by atoms with Crippen LogP contribution in [-0.2, 0) is 4.79 Å². The summed E-state index contributed by atoms with van der Waals surface area (Å²) in [5.41, 5.74) is 6.30. The highest BCUT2D eigenvalue weighted by Crippen LogP contribution is 2.24. The molecule has 2 N–H and O–H groups in total. The van der Waals surface area contributed by atoms with E-state index in [1.165, 1.54) is 6.08 Å². The van der Waals surface area contributed by atoms with E-state index in [9.17, 15) is 4.79 Å². The highest BCUT2D eigenvalue weighted by atomic mass is 35.5. The molecule has 1 aliphatic rings. The van der Waals surface area contributed by atoms with Gasteiger partial charge in [-0.15, -0.1) is 11.6 Å². The second kappa shape index (κ2) is 3.60. The van der Waals surface area contributed by atoms with Gasteiger partial charge in [-0.05, 0) is 18.6 Å². The van der Waals surface area contributed by atoms with E-state index in [0.29, 0.717) is 5.57 Å². The summed E-state index contributed by atoms with van der Waals surface area (Å²) in [4.78, 5) is 11.2. The number of rotatable bonds is 1. The Kier molecular flexibility index (Phi) is 2.94. The molecular formula is C8H9Cl2NO. The molecule has 0 bridgehead atoms. The molecule has 66 valence electrons. The van der Waals surface area contributed by atoms with E-state index in [4.69, 9.17) is 28.9 Å². The maximum absolute atomic E-state index is 11.2. The van der Waals surface area contributed by atoms with Crippen molar-refractivity contribution in [2.75, 3.05) is 0 Å². The predicted molar refractivity (Wildman–Crippen MR) is 50.3 cm³/mol. The Labute approximate surface area is 81.0 Å². The van der Waals surface area contributed by atoms with Crippen LogP contribution in [0, 0.1) is 0 Å². The zero-order valence-corrected chi connectivity index (χ0v) is 8.06. The van der Waals surface area contributed by atoms with E-state index in [0.717, 1.165) is 0 Å². The number of ketones is 1. The van der Waals surface area contributed by atoms with Gasteiger partial charge in [-0.3, -0.25) is 4.79 Å². The Morgan fingerprint density at radius 1 is 1.58 bits per heavy atom. The van der Waals surface area contributed by atoms with E-state index in [1.807, 2.05) is 0 Å². The third-order valence-corrected chi connectivity index (χ3v) is 2.47. The maximum atomic E-state index is 11.2. The first-order valence-electron chi connectivity index (χ1n) is 3.55. The average Bonchev–Trinajstić information content (AvgIpc) is 2.00. The van der Waals surface area contributed by atoms with Gasteiger partial charge < -0.3 is 5.73 Å². The Morgan fingerprint density at radius 2 is 2.17 bits per heavy atom. The highest BCUT2D eigenvalue weighted by Gasteiger charge is 2.26. The molecular weight excluding hydrogens is 197 g/mol. The van der Waals surface area contributed by atoms with Crippen molar-refractivity contribution in [1.82, 2.24) is 0 Å². The molecule has 0 fully saturated rings. The number of nitrogens with two attached hydrogens (primary N) is 1. The summed E-state index contributed by atoms with van der Waals surface area (Å²) in [6, 6.07) is -0.211. The average molecular weight is 206 g/mol. The van der Waals surface area contributed by atoms with Crippen molar-refractivity contribution in [1.29, 1.82) is 0 Å². The molecule has 2 nitrogen and oxygen atoms in total. The highest BCUT2D eigenvalue weighted by molar-refractivity contribution is 6.49. The van der Waals surface area contributed by atoms with E-state index in [1.54, 1.807) is 13.0 Å². The van der Waals surface area contributed by atoms with E-state index in [-0.39, 0.29) is 16.9 Å². The Balaban J connectivity index is 2.97. The minimum absolute atomic E-state index is 0.166. The largest absolute Gasteiger partial charge is 0.324 e. The SMILES string of the molecule is C[C@H](N)C1=CC=C(Cl)C(=O)C1Cl. The van der Waals surface area contributed by atoms with Gasteiger partial charge in [0.2, 0.25) is 0 Å². The summed E-state index contributed by atoms with van der Waals surface area (Å²) in [6.45, 7) is 1.78. The standard InChI is InChI=1S/C8H9Cl2NO/c1-4(11)5-2-3-6(9)8(12)7(5)10/h2-4,7H,11H2,1H3/t4-,7?/m0/s1. The summed E-state index contributed by atoms with van der Waals surface area (Å²) in [6.07, 6.45) is 3.23. The second-order valence-electron chi connectivity index (χ2n) is 2.70. The zero-order valence-electron chi connectivity index (χ0n) is 6.55. The van der Waals surface area contributed by atoms with Gasteiger partial charge in [-0.1, -0.05) is 17.7 Å². The van der Waals surface area contributed by atoms with Crippen LogP contribution in [0.25, 0.3) is 0 Å². The molecule has 1 aliphatic carbocycles. The van der Waals surface area contributed by atoms with Crippen LogP contribution in [0.5, 0.6) is 0 Å². The fraction of sp³-hybridized carbons (Fsp3) is 0.375. The summed E-state index contributed by atoms with van der Waals surface area (Å²) < 4.78 is 0. The molecule has 12 heavy (non-hydrogen) atoms. The summed E-state index contributed by atoms with van der Waals surface area (Å²) in [5, 5.41) is -0.526. The zero-order chi connectivity index (χ0) is 9.30. The number of alkyl halides is 1. The lowest BCUT2D eigenvalue weighted by Gasteiger charge is -2.18. The number of carbonyl (C=O) groups excluding carboxylic acids is 1. The molecule has 0 aromatic rings. The normalized spacial score (nSPS) is 26.3. The molecule has 0 aromatic heterocycles. The number of hydrogen-bond acceptors (Lipinski definition) is 2. The fourth-order valence-electron chi connectivity index (χ4n) is 0.991. The van der Waals surface area contributed by atoms with Crippen molar-refractivity contribution in [2.24, 2.45) is 5.73 Å². The van der Waals surface area contributed by atoms with Crippen molar-refractivity contribution in [3.8, 4) is 0 Å². The number of allylic oxidation sites excluding steroid dienone is 3. The first-order chi connectivity index (χ1) is 5.54. The van der Waals surface area contributed by atoms with Gasteiger partial charge in [0.15, 0.2) is 5.78 Å². The van der Waals surface area contributed by atoms with Crippen molar-refractivity contribution < 1.29 is 4.79 Å². The number of Topliss-reactive ketones (excluding diaryl/α,β-unsaturated/α-hetero) is 1. The molecule has 0 amide bonds. The van der Waals surface area contributed by atoms with E-state index >= 15 is 0 Å². The first kappa shape index (κ1) is 9.78. The lowest BCUT2D eigenvalue weighted by molar-refractivity contribution is -0.114. The van der Waals surface area contributed by atoms with Crippen molar-refractivity contribution in [3.63, 3.8) is 0 Å². The van der Waals surface area contributed by atoms with Gasteiger partial charge in [-0.25, -0.2) is 0 Å². The fourth-order valence-corrected chi connectivity index (χ4v) is 1.61. The summed E-state index contributed by atoms with van der Waals surface area (Å²) in [5.74, 6) is -0.270. The lowest BCUT2D eigenvalue weighted by Crippen LogP contribution is -2.30. The number of carbonyl (C=O) groups is 1. The predicted octanol–water partition coefficient (Wildman–Crippen LogP) is 1.57. The number of hydrogen-bond donors (Lipinski definition) is 1. The molecule has 0 spiro atoms. The second-order valence-corrected chi connectivity index (χ2v) is 3.54. The van der Waals surface area contributed by atoms with Gasteiger partial charge in [0.1, 0.15) is 5.38 Å². The van der Waals surface area contributed by atoms with Crippen LogP contribution in [0.3, 0.4) is 0 Å². The maximum Gasteiger partial charge on any atom is 0.196 e. The third-order valence-electron chi connectivity index (χ3n) is 1.71. The molecule has 1 rings (SSSR count). The molecule has 0 aliphatic heterocycles.